The molecule has 0 bridgehead atoms. The Balaban J connectivity index is 1.70. The molecule has 0 aliphatic heterocycles. The lowest BCUT2D eigenvalue weighted by Crippen LogP contribution is -2.00. The van der Waals surface area contributed by atoms with Crippen molar-refractivity contribution >= 4 is 17.1 Å². The molecule has 5 heteroatoms. The normalized spacial score (nSPS) is 10.9. The molecule has 0 N–H and O–H groups in total. The van der Waals surface area contributed by atoms with Crippen molar-refractivity contribution < 1.29 is 4.74 Å². The lowest BCUT2D eigenvalue weighted by Gasteiger charge is -2.11. The summed E-state index contributed by atoms with van der Waals surface area (Å²) in [7, 11) is 0. The molecule has 0 fully saturated rings. The van der Waals surface area contributed by atoms with Crippen LogP contribution in [0.2, 0.25) is 5.15 Å². The van der Waals surface area contributed by atoms with Gasteiger partial charge >= 0.3 is 0 Å². The van der Waals surface area contributed by atoms with E-state index in [1.807, 2.05) is 65.2 Å². The summed E-state index contributed by atoms with van der Waals surface area (Å²) in [6.45, 7) is 0.516. The lowest BCUT2D eigenvalue weighted by molar-refractivity contribution is 0.308. The molecule has 4 aromatic rings. The number of rotatable bonds is 4. The van der Waals surface area contributed by atoms with Crippen LogP contribution in [0.25, 0.3) is 16.8 Å². The summed E-state index contributed by atoms with van der Waals surface area (Å²) in [6, 6.07) is 19.7. The number of benzene rings is 1. The Morgan fingerprint density at radius 1 is 0.958 bits per heavy atom. The van der Waals surface area contributed by atoms with Crippen LogP contribution in [0.4, 0.5) is 0 Å². The highest BCUT2D eigenvalue weighted by atomic mass is 35.5. The maximum absolute atomic E-state index is 6.00. The number of fused-ring (bicyclic) bond motifs is 1. The minimum atomic E-state index is 0.456. The molecule has 0 atom stereocenters. The number of pyridine rings is 2. The molecule has 0 saturated heterocycles. The molecular formula is C19H14ClN3O. The van der Waals surface area contributed by atoms with E-state index >= 15 is 0 Å². The molecule has 1 aromatic carbocycles. The molecule has 0 unspecified atom stereocenters. The quantitative estimate of drug-likeness (QED) is 0.510. The summed E-state index contributed by atoms with van der Waals surface area (Å²) < 4.78 is 7.83. The van der Waals surface area contributed by atoms with Gasteiger partial charge in [-0.05, 0) is 35.9 Å². The van der Waals surface area contributed by atoms with Crippen LogP contribution in [0.3, 0.4) is 0 Å². The summed E-state index contributed by atoms with van der Waals surface area (Å²) in [5, 5.41) is 4.87. The van der Waals surface area contributed by atoms with E-state index in [1.165, 1.54) is 0 Å². The van der Waals surface area contributed by atoms with Gasteiger partial charge in [-0.2, -0.15) is 5.10 Å². The zero-order valence-electron chi connectivity index (χ0n) is 12.8. The lowest BCUT2D eigenvalue weighted by atomic mass is 10.1. The van der Waals surface area contributed by atoms with Gasteiger partial charge in [0, 0.05) is 11.8 Å². The topological polar surface area (TPSA) is 39.4 Å². The molecule has 4 rings (SSSR count). The van der Waals surface area contributed by atoms with Crippen LogP contribution in [0, 0.1) is 0 Å². The van der Waals surface area contributed by atoms with Crippen molar-refractivity contribution in [3.05, 3.63) is 83.8 Å². The molecule has 3 aromatic heterocycles. The maximum Gasteiger partial charge on any atom is 0.145 e. The van der Waals surface area contributed by atoms with Crippen LogP contribution in [-0.4, -0.2) is 14.6 Å². The number of hydrogen-bond acceptors (Lipinski definition) is 3. The van der Waals surface area contributed by atoms with Crippen molar-refractivity contribution in [3.63, 3.8) is 0 Å². The molecule has 0 amide bonds. The van der Waals surface area contributed by atoms with E-state index in [-0.39, 0.29) is 0 Å². The van der Waals surface area contributed by atoms with Gasteiger partial charge in [0.25, 0.3) is 0 Å². The second-order valence-electron chi connectivity index (χ2n) is 5.35. The number of halogens is 1. The SMILES string of the molecule is Clc1cc(-c2ccc(OCc3ccccc3)c3ccnn23)ccn1. The second kappa shape index (κ2) is 6.34. The average Bonchev–Trinajstić information content (AvgIpc) is 3.10. The maximum atomic E-state index is 6.00. The third-order valence-corrected chi connectivity index (χ3v) is 3.98. The first kappa shape index (κ1) is 14.7. The first-order valence-electron chi connectivity index (χ1n) is 7.57. The minimum Gasteiger partial charge on any atom is -0.487 e. The van der Waals surface area contributed by atoms with Gasteiger partial charge in [0.2, 0.25) is 0 Å². The van der Waals surface area contributed by atoms with Crippen molar-refractivity contribution in [2.45, 2.75) is 6.61 Å². The molecule has 24 heavy (non-hydrogen) atoms. The fourth-order valence-electron chi connectivity index (χ4n) is 2.63. The first-order valence-corrected chi connectivity index (χ1v) is 7.94. The average molecular weight is 336 g/mol. The molecule has 0 spiro atoms. The van der Waals surface area contributed by atoms with Crippen LogP contribution < -0.4 is 4.74 Å². The predicted molar refractivity (Wildman–Crippen MR) is 94.2 cm³/mol. The molecular weight excluding hydrogens is 322 g/mol. The number of nitrogens with zero attached hydrogens (tertiary/aromatic N) is 3. The summed E-state index contributed by atoms with van der Waals surface area (Å²) in [5.41, 5.74) is 3.93. The van der Waals surface area contributed by atoms with E-state index in [4.69, 9.17) is 16.3 Å². The second-order valence-corrected chi connectivity index (χ2v) is 5.74. The van der Waals surface area contributed by atoms with E-state index in [0.717, 1.165) is 28.1 Å². The summed E-state index contributed by atoms with van der Waals surface area (Å²) in [4.78, 5) is 4.02. The summed E-state index contributed by atoms with van der Waals surface area (Å²) >= 11 is 6.00. The summed E-state index contributed by atoms with van der Waals surface area (Å²) in [5.74, 6) is 0.792. The fraction of sp³-hybridized carbons (Fsp3) is 0.0526. The monoisotopic (exact) mass is 335 g/mol. The Bertz CT molecular complexity index is 982. The molecule has 0 saturated carbocycles. The molecule has 0 aliphatic rings. The Hall–Kier alpha value is -2.85. The van der Waals surface area contributed by atoms with Crippen molar-refractivity contribution in [3.8, 4) is 17.0 Å². The highest BCUT2D eigenvalue weighted by Gasteiger charge is 2.10. The Morgan fingerprint density at radius 3 is 2.67 bits per heavy atom. The molecule has 3 heterocycles. The third-order valence-electron chi connectivity index (χ3n) is 3.78. The van der Waals surface area contributed by atoms with Gasteiger partial charge in [-0.25, -0.2) is 9.50 Å². The van der Waals surface area contributed by atoms with E-state index < -0.39 is 0 Å². The first-order chi connectivity index (χ1) is 11.8. The largest absolute Gasteiger partial charge is 0.487 e. The van der Waals surface area contributed by atoms with Gasteiger partial charge in [0.1, 0.15) is 23.0 Å². The molecule has 4 nitrogen and oxygen atoms in total. The predicted octanol–water partition coefficient (Wildman–Crippen LogP) is 4.63. The Kier molecular flexibility index (Phi) is 3.89. The van der Waals surface area contributed by atoms with E-state index in [1.54, 1.807) is 12.4 Å². The zero-order chi connectivity index (χ0) is 16.4. The highest BCUT2D eigenvalue weighted by molar-refractivity contribution is 6.29. The van der Waals surface area contributed by atoms with Crippen molar-refractivity contribution in [2.75, 3.05) is 0 Å². The van der Waals surface area contributed by atoms with Gasteiger partial charge in [0.05, 0.1) is 11.9 Å². The van der Waals surface area contributed by atoms with Crippen LogP contribution >= 0.6 is 11.6 Å². The Labute approximate surface area is 144 Å². The highest BCUT2D eigenvalue weighted by Crippen LogP contribution is 2.28. The third kappa shape index (κ3) is 2.84. The van der Waals surface area contributed by atoms with E-state index in [0.29, 0.717) is 11.8 Å². The van der Waals surface area contributed by atoms with Crippen molar-refractivity contribution in [1.82, 2.24) is 14.6 Å². The molecule has 118 valence electrons. The van der Waals surface area contributed by atoms with Crippen molar-refractivity contribution in [2.24, 2.45) is 0 Å². The number of ether oxygens (including phenoxy) is 1. The van der Waals surface area contributed by atoms with Crippen LogP contribution in [-0.2, 0) is 6.61 Å². The Morgan fingerprint density at radius 2 is 1.83 bits per heavy atom. The number of hydrogen-bond donors (Lipinski definition) is 0. The molecule has 0 radical (unpaired) electrons. The minimum absolute atomic E-state index is 0.456. The van der Waals surface area contributed by atoms with Gasteiger partial charge in [-0.15, -0.1) is 0 Å². The summed E-state index contributed by atoms with van der Waals surface area (Å²) in [6.07, 6.45) is 3.45. The molecule has 0 aliphatic carbocycles. The van der Waals surface area contributed by atoms with Gasteiger partial charge < -0.3 is 4.74 Å². The van der Waals surface area contributed by atoms with Gasteiger partial charge in [-0.3, -0.25) is 0 Å². The smallest absolute Gasteiger partial charge is 0.145 e. The van der Waals surface area contributed by atoms with Gasteiger partial charge in [-0.1, -0.05) is 41.9 Å². The zero-order valence-corrected chi connectivity index (χ0v) is 13.5. The van der Waals surface area contributed by atoms with E-state index in [2.05, 4.69) is 10.1 Å². The van der Waals surface area contributed by atoms with Crippen molar-refractivity contribution in [1.29, 1.82) is 0 Å². The van der Waals surface area contributed by atoms with Crippen LogP contribution in [0.5, 0.6) is 5.75 Å². The fourth-order valence-corrected chi connectivity index (χ4v) is 2.80. The van der Waals surface area contributed by atoms with E-state index in [9.17, 15) is 0 Å². The van der Waals surface area contributed by atoms with Crippen LogP contribution in [0.1, 0.15) is 5.56 Å². The van der Waals surface area contributed by atoms with Crippen LogP contribution in [0.15, 0.2) is 73.1 Å². The standard InChI is InChI=1S/C19H14ClN3O/c20-19-12-15(8-10-21-19)16-6-7-18(17-9-11-22-23(16)17)24-13-14-4-2-1-3-5-14/h1-12H,13H2. The number of aromatic nitrogens is 3. The van der Waals surface area contributed by atoms with Gasteiger partial charge in [0.15, 0.2) is 0 Å².